The molecule has 2 rings (SSSR count). The van der Waals surface area contributed by atoms with Crippen LogP contribution in [0.25, 0.3) is 0 Å². The van der Waals surface area contributed by atoms with E-state index >= 15 is 0 Å². The summed E-state index contributed by atoms with van der Waals surface area (Å²) in [6, 6.07) is 5.81. The van der Waals surface area contributed by atoms with Gasteiger partial charge in [-0.05, 0) is 35.1 Å². The van der Waals surface area contributed by atoms with E-state index in [1.807, 2.05) is 42.9 Å². The van der Waals surface area contributed by atoms with Crippen LogP contribution in [0.1, 0.15) is 21.7 Å². The van der Waals surface area contributed by atoms with Crippen molar-refractivity contribution in [2.75, 3.05) is 0 Å². The van der Waals surface area contributed by atoms with Crippen molar-refractivity contribution < 1.29 is 4.79 Å². The molecule has 1 aromatic carbocycles. The number of carbonyl (C=O) groups is 1. The summed E-state index contributed by atoms with van der Waals surface area (Å²) in [5.74, 6) is 0.916. The van der Waals surface area contributed by atoms with Gasteiger partial charge in [-0.2, -0.15) is 0 Å². The molecule has 0 spiro atoms. The highest BCUT2D eigenvalue weighted by Crippen LogP contribution is 2.18. The molecule has 0 unspecified atom stereocenters. The molecule has 1 heterocycles. The van der Waals surface area contributed by atoms with Gasteiger partial charge in [-0.25, -0.2) is 4.98 Å². The number of imidazole rings is 1. The molecule has 0 aliphatic carbocycles. The Bertz CT molecular complexity index is 560. The van der Waals surface area contributed by atoms with Gasteiger partial charge in [-0.3, -0.25) is 4.79 Å². The lowest BCUT2D eigenvalue weighted by molar-refractivity contribution is 0.0989. The zero-order valence-electron chi connectivity index (χ0n) is 9.77. The topological polar surface area (TPSA) is 34.9 Å². The van der Waals surface area contributed by atoms with Crippen LogP contribution >= 0.6 is 22.6 Å². The molecular formula is C13H13IN2O. The summed E-state index contributed by atoms with van der Waals surface area (Å²) in [4.78, 5) is 16.4. The molecule has 0 radical (unpaired) electrons. The second-order valence-electron chi connectivity index (χ2n) is 3.99. The Morgan fingerprint density at radius 1 is 1.47 bits per heavy atom. The highest BCUT2D eigenvalue weighted by atomic mass is 127. The Hall–Kier alpha value is -1.17. The van der Waals surface area contributed by atoms with Gasteiger partial charge >= 0.3 is 0 Å². The van der Waals surface area contributed by atoms with Gasteiger partial charge in [0.25, 0.3) is 0 Å². The van der Waals surface area contributed by atoms with E-state index in [2.05, 4.69) is 27.6 Å². The summed E-state index contributed by atoms with van der Waals surface area (Å²) in [5, 5.41) is 0. The lowest BCUT2D eigenvalue weighted by Crippen LogP contribution is -2.10. The molecule has 0 bridgehead atoms. The first-order valence-electron chi connectivity index (χ1n) is 5.34. The van der Waals surface area contributed by atoms with Crippen molar-refractivity contribution in [1.82, 2.24) is 9.55 Å². The quantitative estimate of drug-likeness (QED) is 0.636. The molecule has 0 fully saturated rings. The molecule has 88 valence electrons. The Morgan fingerprint density at radius 2 is 2.24 bits per heavy atom. The van der Waals surface area contributed by atoms with Gasteiger partial charge in [0, 0.05) is 28.6 Å². The normalized spacial score (nSPS) is 10.5. The molecule has 0 aliphatic rings. The predicted octanol–water partition coefficient (Wildman–Crippen LogP) is 2.76. The molecule has 2 aromatic rings. The van der Waals surface area contributed by atoms with Crippen molar-refractivity contribution in [3.05, 3.63) is 51.1 Å². The maximum atomic E-state index is 12.2. The smallest absolute Gasteiger partial charge is 0.171 e. The summed E-state index contributed by atoms with van der Waals surface area (Å²) in [6.07, 6.45) is 3.91. The van der Waals surface area contributed by atoms with E-state index in [4.69, 9.17) is 0 Å². The lowest BCUT2D eigenvalue weighted by atomic mass is 10.1. The van der Waals surface area contributed by atoms with Crippen molar-refractivity contribution in [3.8, 4) is 0 Å². The molecule has 3 nitrogen and oxygen atoms in total. The van der Waals surface area contributed by atoms with E-state index in [1.165, 1.54) is 0 Å². The van der Waals surface area contributed by atoms with Gasteiger partial charge in [0.1, 0.15) is 5.82 Å². The molecule has 17 heavy (non-hydrogen) atoms. The number of hydrogen-bond acceptors (Lipinski definition) is 2. The molecule has 4 heteroatoms. The third-order valence-corrected chi connectivity index (χ3v) is 4.16. The molecule has 0 N–H and O–H groups in total. The van der Waals surface area contributed by atoms with Crippen molar-refractivity contribution in [2.45, 2.75) is 13.3 Å². The first-order chi connectivity index (χ1) is 8.09. The number of nitrogens with zero attached hydrogens (tertiary/aromatic N) is 2. The number of aromatic nitrogens is 2. The van der Waals surface area contributed by atoms with Crippen molar-refractivity contribution in [2.24, 2.45) is 7.05 Å². The minimum atomic E-state index is 0.118. The number of benzene rings is 1. The number of rotatable bonds is 3. The summed E-state index contributed by atoms with van der Waals surface area (Å²) < 4.78 is 2.91. The predicted molar refractivity (Wildman–Crippen MR) is 75.1 cm³/mol. The number of aryl methyl sites for hydroxylation is 2. The lowest BCUT2D eigenvalue weighted by Gasteiger charge is -2.06. The fourth-order valence-electron chi connectivity index (χ4n) is 1.67. The monoisotopic (exact) mass is 340 g/mol. The van der Waals surface area contributed by atoms with E-state index in [9.17, 15) is 4.79 Å². The number of Topliss-reactive ketones (excluding diaryl/α,β-unsaturated/α-hetero) is 1. The minimum absolute atomic E-state index is 0.118. The zero-order chi connectivity index (χ0) is 12.4. The Kier molecular flexibility index (Phi) is 3.61. The van der Waals surface area contributed by atoms with Crippen LogP contribution in [-0.4, -0.2) is 15.3 Å². The summed E-state index contributed by atoms with van der Waals surface area (Å²) in [6.45, 7) is 2.01. The molecule has 0 amide bonds. The molecule has 0 atom stereocenters. The number of halogens is 1. The van der Waals surface area contributed by atoms with Gasteiger partial charge in [0.05, 0.1) is 6.42 Å². The average Bonchev–Trinajstić information content (AvgIpc) is 2.68. The van der Waals surface area contributed by atoms with Crippen LogP contribution in [0.15, 0.2) is 30.6 Å². The van der Waals surface area contributed by atoms with Crippen LogP contribution in [0, 0.1) is 10.5 Å². The van der Waals surface area contributed by atoms with E-state index < -0.39 is 0 Å². The third-order valence-electron chi connectivity index (χ3n) is 2.73. The maximum Gasteiger partial charge on any atom is 0.171 e. The summed E-state index contributed by atoms with van der Waals surface area (Å²) in [7, 11) is 1.90. The first-order valence-corrected chi connectivity index (χ1v) is 6.42. The third kappa shape index (κ3) is 2.57. The van der Waals surface area contributed by atoms with Gasteiger partial charge in [-0.1, -0.05) is 18.2 Å². The van der Waals surface area contributed by atoms with Gasteiger partial charge in [-0.15, -0.1) is 0 Å². The Balaban J connectivity index is 2.27. The van der Waals surface area contributed by atoms with Crippen LogP contribution in [-0.2, 0) is 13.5 Å². The van der Waals surface area contributed by atoms with Crippen LogP contribution in [0.3, 0.4) is 0 Å². The zero-order valence-corrected chi connectivity index (χ0v) is 11.9. The van der Waals surface area contributed by atoms with Gasteiger partial charge in [0.15, 0.2) is 5.78 Å². The second-order valence-corrected chi connectivity index (χ2v) is 5.07. The highest BCUT2D eigenvalue weighted by molar-refractivity contribution is 14.1. The van der Waals surface area contributed by atoms with Crippen LogP contribution in [0.2, 0.25) is 0 Å². The van der Waals surface area contributed by atoms with Crippen LogP contribution in [0.5, 0.6) is 0 Å². The second kappa shape index (κ2) is 5.00. The van der Waals surface area contributed by atoms with Gasteiger partial charge < -0.3 is 4.57 Å². The van der Waals surface area contributed by atoms with Crippen LogP contribution < -0.4 is 0 Å². The average molecular weight is 340 g/mol. The van der Waals surface area contributed by atoms with Crippen molar-refractivity contribution in [1.29, 1.82) is 0 Å². The Morgan fingerprint density at radius 3 is 2.88 bits per heavy atom. The van der Waals surface area contributed by atoms with E-state index in [1.54, 1.807) is 6.20 Å². The number of ketones is 1. The molecule has 0 aliphatic heterocycles. The summed E-state index contributed by atoms with van der Waals surface area (Å²) >= 11 is 2.22. The van der Waals surface area contributed by atoms with E-state index in [0.29, 0.717) is 6.42 Å². The highest BCUT2D eigenvalue weighted by Gasteiger charge is 2.13. The standard InChI is InChI=1S/C13H13IN2O/c1-9-4-3-5-10(13(9)14)11(17)8-12-15-6-7-16(12)2/h3-7H,8H2,1-2H3. The number of hydrogen-bond donors (Lipinski definition) is 0. The fourth-order valence-corrected chi connectivity index (χ4v) is 2.33. The van der Waals surface area contributed by atoms with E-state index in [-0.39, 0.29) is 5.78 Å². The fraction of sp³-hybridized carbons (Fsp3) is 0.231. The number of carbonyl (C=O) groups excluding carboxylic acids is 1. The largest absolute Gasteiger partial charge is 0.338 e. The van der Waals surface area contributed by atoms with Crippen LogP contribution in [0.4, 0.5) is 0 Å². The minimum Gasteiger partial charge on any atom is -0.338 e. The molecule has 0 saturated carbocycles. The van der Waals surface area contributed by atoms with Crippen molar-refractivity contribution in [3.63, 3.8) is 0 Å². The first kappa shape index (κ1) is 12.3. The van der Waals surface area contributed by atoms with Gasteiger partial charge in [0.2, 0.25) is 0 Å². The van der Waals surface area contributed by atoms with E-state index in [0.717, 1.165) is 20.5 Å². The molecule has 1 aromatic heterocycles. The summed E-state index contributed by atoms with van der Waals surface area (Å²) in [5.41, 5.74) is 1.92. The SMILES string of the molecule is Cc1cccc(C(=O)Cc2nccn2C)c1I. The molecular weight excluding hydrogens is 327 g/mol. The van der Waals surface area contributed by atoms with Crippen molar-refractivity contribution >= 4 is 28.4 Å². The molecule has 0 saturated heterocycles. The Labute approximate surface area is 114 Å². The maximum absolute atomic E-state index is 12.2.